The summed E-state index contributed by atoms with van der Waals surface area (Å²) >= 11 is 0. The fraction of sp³-hybridized carbons (Fsp3) is 0.400. The SMILES string of the molecule is CC(CF)(Cc1ccccc1)S(=O)(=O)C(C)(CF)Cc1ccccc1. The van der Waals surface area contributed by atoms with E-state index in [0.717, 1.165) is 0 Å². The minimum Gasteiger partial charge on any atom is -0.249 e. The van der Waals surface area contributed by atoms with Gasteiger partial charge < -0.3 is 0 Å². The number of alkyl halides is 2. The predicted molar refractivity (Wildman–Crippen MR) is 98.0 cm³/mol. The van der Waals surface area contributed by atoms with Crippen molar-refractivity contribution in [2.75, 3.05) is 13.3 Å². The fourth-order valence-corrected chi connectivity index (χ4v) is 5.27. The highest BCUT2D eigenvalue weighted by molar-refractivity contribution is 7.94. The molecule has 0 aliphatic rings. The van der Waals surface area contributed by atoms with Crippen molar-refractivity contribution in [1.82, 2.24) is 0 Å². The lowest BCUT2D eigenvalue weighted by molar-refractivity contribution is 0.351. The molecule has 0 spiro atoms. The zero-order valence-corrected chi connectivity index (χ0v) is 15.4. The normalized spacial score (nSPS) is 16.8. The Kier molecular flexibility index (Phi) is 5.99. The molecular formula is C20H24F2O2S. The van der Waals surface area contributed by atoms with Crippen LogP contribution in [0.3, 0.4) is 0 Å². The van der Waals surface area contributed by atoms with E-state index in [1.54, 1.807) is 48.5 Å². The first-order chi connectivity index (χ1) is 11.8. The minimum absolute atomic E-state index is 0.0110. The quantitative estimate of drug-likeness (QED) is 0.696. The lowest BCUT2D eigenvalue weighted by Gasteiger charge is -2.37. The van der Waals surface area contributed by atoms with E-state index in [0.29, 0.717) is 11.1 Å². The minimum atomic E-state index is -4.11. The van der Waals surface area contributed by atoms with Crippen LogP contribution in [0.15, 0.2) is 60.7 Å². The van der Waals surface area contributed by atoms with Gasteiger partial charge in [0.2, 0.25) is 0 Å². The zero-order valence-electron chi connectivity index (χ0n) is 14.6. The highest BCUT2D eigenvalue weighted by atomic mass is 32.2. The molecule has 25 heavy (non-hydrogen) atoms. The van der Waals surface area contributed by atoms with Gasteiger partial charge in [0, 0.05) is 0 Å². The second-order valence-electron chi connectivity index (χ2n) is 7.00. The molecule has 0 N–H and O–H groups in total. The molecule has 0 bridgehead atoms. The Morgan fingerprint density at radius 2 is 1.04 bits per heavy atom. The Balaban J connectivity index is 2.40. The molecule has 0 radical (unpaired) electrons. The average Bonchev–Trinajstić information content (AvgIpc) is 2.62. The summed E-state index contributed by atoms with van der Waals surface area (Å²) in [6, 6.07) is 17.8. The number of rotatable bonds is 8. The van der Waals surface area contributed by atoms with Crippen LogP contribution in [0.1, 0.15) is 25.0 Å². The molecule has 0 aromatic heterocycles. The van der Waals surface area contributed by atoms with Gasteiger partial charge in [0.1, 0.15) is 22.8 Å². The van der Waals surface area contributed by atoms with E-state index in [-0.39, 0.29) is 12.8 Å². The van der Waals surface area contributed by atoms with Gasteiger partial charge in [-0.05, 0) is 37.8 Å². The Morgan fingerprint density at radius 3 is 1.32 bits per heavy atom. The smallest absolute Gasteiger partial charge is 0.166 e. The number of benzene rings is 2. The van der Waals surface area contributed by atoms with E-state index in [9.17, 15) is 17.2 Å². The fourth-order valence-electron chi connectivity index (χ4n) is 3.08. The lowest BCUT2D eigenvalue weighted by Crippen LogP contribution is -2.54. The van der Waals surface area contributed by atoms with Gasteiger partial charge in [0.15, 0.2) is 9.84 Å². The van der Waals surface area contributed by atoms with Crippen molar-refractivity contribution in [3.63, 3.8) is 0 Å². The summed E-state index contributed by atoms with van der Waals surface area (Å²) in [5.41, 5.74) is 1.43. The Hall–Kier alpha value is -1.75. The summed E-state index contributed by atoms with van der Waals surface area (Å²) < 4.78 is 51.0. The third-order valence-electron chi connectivity index (χ3n) is 4.70. The number of sulfone groups is 1. The van der Waals surface area contributed by atoms with Crippen LogP contribution >= 0.6 is 0 Å². The van der Waals surface area contributed by atoms with Crippen molar-refractivity contribution in [3.05, 3.63) is 71.8 Å². The van der Waals surface area contributed by atoms with Crippen LogP contribution in [0, 0.1) is 0 Å². The summed E-state index contributed by atoms with van der Waals surface area (Å²) in [5, 5.41) is 0. The zero-order chi connectivity index (χ0) is 18.6. The highest BCUT2D eigenvalue weighted by Crippen LogP contribution is 2.36. The van der Waals surface area contributed by atoms with Crippen molar-refractivity contribution >= 4 is 9.84 Å². The van der Waals surface area contributed by atoms with Gasteiger partial charge in [-0.3, -0.25) is 0 Å². The maximum atomic E-state index is 13.9. The third kappa shape index (κ3) is 3.92. The topological polar surface area (TPSA) is 34.1 Å². The summed E-state index contributed by atoms with van der Waals surface area (Å²) in [5.74, 6) is 0. The first-order valence-corrected chi connectivity index (χ1v) is 9.70. The van der Waals surface area contributed by atoms with Gasteiger partial charge in [-0.1, -0.05) is 60.7 Å². The molecule has 0 aliphatic carbocycles. The summed E-state index contributed by atoms with van der Waals surface area (Å²) in [7, 11) is -4.11. The van der Waals surface area contributed by atoms with Crippen LogP contribution < -0.4 is 0 Å². The van der Waals surface area contributed by atoms with Crippen LogP contribution in [-0.4, -0.2) is 31.3 Å². The van der Waals surface area contributed by atoms with Crippen LogP contribution in [0.5, 0.6) is 0 Å². The van der Waals surface area contributed by atoms with Crippen LogP contribution in [0.2, 0.25) is 0 Å². The first-order valence-electron chi connectivity index (χ1n) is 8.22. The molecule has 0 heterocycles. The molecule has 2 nitrogen and oxygen atoms in total. The molecule has 0 amide bonds. The van der Waals surface area contributed by atoms with Gasteiger partial charge in [-0.2, -0.15) is 0 Å². The van der Waals surface area contributed by atoms with Gasteiger partial charge in [-0.15, -0.1) is 0 Å². The van der Waals surface area contributed by atoms with Crippen LogP contribution in [0.4, 0.5) is 8.78 Å². The molecule has 0 fully saturated rings. The van der Waals surface area contributed by atoms with E-state index in [2.05, 4.69) is 0 Å². The monoisotopic (exact) mass is 366 g/mol. The van der Waals surface area contributed by atoms with E-state index < -0.39 is 32.7 Å². The van der Waals surface area contributed by atoms with Crippen molar-refractivity contribution < 1.29 is 17.2 Å². The molecule has 0 saturated carbocycles. The first kappa shape index (κ1) is 19.6. The van der Waals surface area contributed by atoms with Gasteiger partial charge in [0.05, 0.1) is 0 Å². The molecule has 136 valence electrons. The summed E-state index contributed by atoms with van der Waals surface area (Å²) in [6.07, 6.45) is 0.0219. The van der Waals surface area contributed by atoms with E-state index in [4.69, 9.17) is 0 Å². The lowest BCUT2D eigenvalue weighted by atomic mass is 10.0. The maximum absolute atomic E-state index is 13.9. The summed E-state index contributed by atoms with van der Waals surface area (Å²) in [4.78, 5) is 0. The molecule has 5 heteroatoms. The van der Waals surface area contributed by atoms with Crippen molar-refractivity contribution in [1.29, 1.82) is 0 Å². The number of hydrogen-bond donors (Lipinski definition) is 0. The Labute approximate surface area is 148 Å². The Bertz CT molecular complexity index is 716. The van der Waals surface area contributed by atoms with Crippen molar-refractivity contribution in [3.8, 4) is 0 Å². The van der Waals surface area contributed by atoms with E-state index in [1.807, 2.05) is 12.1 Å². The molecule has 0 aliphatic heterocycles. The van der Waals surface area contributed by atoms with Gasteiger partial charge in [0.25, 0.3) is 0 Å². The molecule has 2 rings (SSSR count). The second kappa shape index (κ2) is 7.65. The van der Waals surface area contributed by atoms with E-state index in [1.165, 1.54) is 13.8 Å². The van der Waals surface area contributed by atoms with E-state index >= 15 is 0 Å². The van der Waals surface area contributed by atoms with Gasteiger partial charge in [-0.25, -0.2) is 17.2 Å². The van der Waals surface area contributed by atoms with Crippen molar-refractivity contribution in [2.24, 2.45) is 0 Å². The standard InChI is InChI=1S/C20H24F2O2S/c1-19(15-21,13-17-9-5-3-6-10-17)25(23,24)20(2,16-22)14-18-11-7-4-8-12-18/h3-12H,13-16H2,1-2H3. The Morgan fingerprint density at radius 1 is 0.720 bits per heavy atom. The molecular weight excluding hydrogens is 342 g/mol. The average molecular weight is 366 g/mol. The highest BCUT2D eigenvalue weighted by Gasteiger charge is 2.51. The largest absolute Gasteiger partial charge is 0.249 e. The van der Waals surface area contributed by atoms with Crippen LogP contribution in [-0.2, 0) is 22.7 Å². The maximum Gasteiger partial charge on any atom is 0.166 e. The second-order valence-corrected chi connectivity index (χ2v) is 9.97. The predicted octanol–water partition coefficient (Wildman–Crippen LogP) is 4.34. The summed E-state index contributed by atoms with van der Waals surface area (Å²) in [6.45, 7) is 0.617. The third-order valence-corrected chi connectivity index (χ3v) is 7.81. The van der Waals surface area contributed by atoms with Gasteiger partial charge >= 0.3 is 0 Å². The molecule has 0 saturated heterocycles. The number of hydrogen-bond acceptors (Lipinski definition) is 2. The number of halogens is 2. The molecule has 2 aromatic rings. The molecule has 2 atom stereocenters. The molecule has 2 unspecified atom stereocenters. The molecule has 2 aromatic carbocycles. The van der Waals surface area contributed by atoms with Crippen molar-refractivity contribution in [2.45, 2.75) is 36.2 Å². The van der Waals surface area contributed by atoms with Crippen LogP contribution in [0.25, 0.3) is 0 Å².